The summed E-state index contributed by atoms with van der Waals surface area (Å²) in [5.41, 5.74) is 3.36. The molecule has 2 aromatic rings. The Bertz CT molecular complexity index is 614. The van der Waals surface area contributed by atoms with E-state index in [2.05, 4.69) is 15.7 Å². The number of nitrogens with one attached hydrogen (secondary N) is 2. The van der Waals surface area contributed by atoms with Gasteiger partial charge in [0.15, 0.2) is 0 Å². The number of halogens is 1. The second-order valence-corrected chi connectivity index (χ2v) is 5.14. The number of hydrogen-bond donors (Lipinski definition) is 3. The Kier molecular flexibility index (Phi) is 4.65. The lowest BCUT2D eigenvalue weighted by Gasteiger charge is -2.09. The maximum Gasteiger partial charge on any atom is 0.253 e. The minimum Gasteiger partial charge on any atom is -0.352 e. The molecule has 0 radical (unpaired) electrons. The van der Waals surface area contributed by atoms with Crippen molar-refractivity contribution in [3.63, 3.8) is 0 Å². The van der Waals surface area contributed by atoms with Gasteiger partial charge in [0, 0.05) is 24.0 Å². The smallest absolute Gasteiger partial charge is 0.253 e. The van der Waals surface area contributed by atoms with Crippen LogP contribution in [0.4, 0.5) is 10.1 Å². The number of carbonyl (C=O) groups excluding carboxylic acids is 1. The zero-order chi connectivity index (χ0) is 14.5. The number of amides is 1. The van der Waals surface area contributed by atoms with E-state index in [9.17, 15) is 9.18 Å². The molecule has 5 nitrogen and oxygen atoms in total. The summed E-state index contributed by atoms with van der Waals surface area (Å²) >= 11 is 1.55. The predicted octanol–water partition coefficient (Wildman–Crippen LogP) is 1.85. The first-order valence-corrected chi connectivity index (χ1v) is 6.94. The molecule has 7 heteroatoms. The van der Waals surface area contributed by atoms with Gasteiger partial charge < -0.3 is 10.7 Å². The molecule has 0 fully saturated rings. The summed E-state index contributed by atoms with van der Waals surface area (Å²) in [4.78, 5) is 16.3. The van der Waals surface area contributed by atoms with Crippen LogP contribution in [0.1, 0.15) is 21.1 Å². The van der Waals surface area contributed by atoms with Crippen LogP contribution in [0, 0.1) is 12.7 Å². The molecule has 20 heavy (non-hydrogen) atoms. The molecule has 0 aliphatic heterocycles. The van der Waals surface area contributed by atoms with E-state index in [-0.39, 0.29) is 17.2 Å². The van der Waals surface area contributed by atoms with E-state index in [0.717, 1.165) is 10.7 Å². The van der Waals surface area contributed by atoms with Crippen molar-refractivity contribution in [3.8, 4) is 0 Å². The van der Waals surface area contributed by atoms with Crippen LogP contribution in [0.2, 0.25) is 0 Å². The lowest BCUT2D eigenvalue weighted by atomic mass is 10.1. The largest absolute Gasteiger partial charge is 0.352 e. The highest BCUT2D eigenvalue weighted by molar-refractivity contribution is 7.09. The SMILES string of the molecule is Cc1csc(CCNC(=O)c2cccc(F)c2NN)n1. The number of aromatic nitrogens is 1. The molecule has 1 heterocycles. The summed E-state index contributed by atoms with van der Waals surface area (Å²) in [7, 11) is 0. The second kappa shape index (κ2) is 6.44. The second-order valence-electron chi connectivity index (χ2n) is 4.20. The van der Waals surface area contributed by atoms with Crippen molar-refractivity contribution in [3.05, 3.63) is 45.7 Å². The van der Waals surface area contributed by atoms with E-state index in [0.29, 0.717) is 13.0 Å². The van der Waals surface area contributed by atoms with Crippen LogP contribution in [0.3, 0.4) is 0 Å². The summed E-state index contributed by atoms with van der Waals surface area (Å²) in [6.45, 7) is 2.36. The Labute approximate surface area is 120 Å². The molecule has 0 bridgehead atoms. The van der Waals surface area contributed by atoms with Gasteiger partial charge in [0.25, 0.3) is 5.91 Å². The van der Waals surface area contributed by atoms with Crippen LogP contribution < -0.4 is 16.6 Å². The van der Waals surface area contributed by atoms with Gasteiger partial charge in [-0.05, 0) is 19.1 Å². The number of carbonyl (C=O) groups is 1. The average molecular weight is 294 g/mol. The molecule has 0 unspecified atom stereocenters. The zero-order valence-electron chi connectivity index (χ0n) is 10.9. The fourth-order valence-corrected chi connectivity index (χ4v) is 2.53. The van der Waals surface area contributed by atoms with Gasteiger partial charge in [-0.15, -0.1) is 11.3 Å². The van der Waals surface area contributed by atoms with Gasteiger partial charge in [-0.1, -0.05) is 6.07 Å². The van der Waals surface area contributed by atoms with Gasteiger partial charge >= 0.3 is 0 Å². The number of rotatable bonds is 5. The number of aryl methyl sites for hydroxylation is 1. The Balaban J connectivity index is 1.97. The van der Waals surface area contributed by atoms with E-state index in [1.54, 1.807) is 11.3 Å². The fraction of sp³-hybridized carbons (Fsp3) is 0.231. The first-order valence-electron chi connectivity index (χ1n) is 6.06. The zero-order valence-corrected chi connectivity index (χ0v) is 11.8. The van der Waals surface area contributed by atoms with Crippen molar-refractivity contribution in [1.29, 1.82) is 0 Å². The summed E-state index contributed by atoms with van der Waals surface area (Å²) in [6, 6.07) is 4.22. The lowest BCUT2D eigenvalue weighted by molar-refractivity contribution is 0.0954. The Morgan fingerprint density at radius 2 is 2.30 bits per heavy atom. The lowest BCUT2D eigenvalue weighted by Crippen LogP contribution is -2.27. The monoisotopic (exact) mass is 294 g/mol. The fourth-order valence-electron chi connectivity index (χ4n) is 1.76. The van der Waals surface area contributed by atoms with Gasteiger partial charge in [0.2, 0.25) is 0 Å². The highest BCUT2D eigenvalue weighted by Crippen LogP contribution is 2.18. The Morgan fingerprint density at radius 3 is 2.95 bits per heavy atom. The molecule has 1 amide bonds. The molecule has 0 aliphatic rings. The van der Waals surface area contributed by atoms with Crippen molar-refractivity contribution in [1.82, 2.24) is 10.3 Å². The van der Waals surface area contributed by atoms with E-state index in [1.165, 1.54) is 18.2 Å². The summed E-state index contributed by atoms with van der Waals surface area (Å²) in [5, 5.41) is 5.64. The molecule has 2 rings (SSSR count). The third-order valence-electron chi connectivity index (χ3n) is 2.69. The van der Waals surface area contributed by atoms with Crippen molar-refractivity contribution >= 4 is 22.9 Å². The normalized spacial score (nSPS) is 10.3. The summed E-state index contributed by atoms with van der Waals surface area (Å²) in [5.74, 6) is 4.30. The van der Waals surface area contributed by atoms with Crippen LogP contribution in [0.25, 0.3) is 0 Å². The topological polar surface area (TPSA) is 80.0 Å². The maximum absolute atomic E-state index is 13.5. The molecular formula is C13H15FN4OS. The number of para-hydroxylation sites is 1. The number of thiazole rings is 1. The van der Waals surface area contributed by atoms with Gasteiger partial charge in [-0.2, -0.15) is 0 Å². The average Bonchev–Trinajstić information content (AvgIpc) is 2.84. The van der Waals surface area contributed by atoms with Crippen LogP contribution in [0.15, 0.2) is 23.6 Å². The number of anilines is 1. The maximum atomic E-state index is 13.5. The highest BCUT2D eigenvalue weighted by atomic mass is 32.1. The highest BCUT2D eigenvalue weighted by Gasteiger charge is 2.13. The summed E-state index contributed by atoms with van der Waals surface area (Å²) in [6.07, 6.45) is 0.644. The minimum absolute atomic E-state index is 0.00454. The molecule has 0 atom stereocenters. The van der Waals surface area contributed by atoms with Crippen LogP contribution in [-0.2, 0) is 6.42 Å². The standard InChI is InChI=1S/C13H15FN4OS/c1-8-7-20-11(17-8)5-6-16-13(19)9-3-2-4-10(14)12(9)18-15/h2-4,7,18H,5-6,15H2,1H3,(H,16,19). The number of hydrazine groups is 1. The van der Waals surface area contributed by atoms with Gasteiger partial charge in [0.05, 0.1) is 16.3 Å². The molecule has 0 aliphatic carbocycles. The quantitative estimate of drug-likeness (QED) is 0.581. The van der Waals surface area contributed by atoms with Gasteiger partial charge in [-0.3, -0.25) is 10.6 Å². The predicted molar refractivity (Wildman–Crippen MR) is 77.1 cm³/mol. The molecule has 0 saturated heterocycles. The van der Waals surface area contributed by atoms with E-state index in [1.807, 2.05) is 12.3 Å². The Hall–Kier alpha value is -1.99. The first-order chi connectivity index (χ1) is 9.61. The number of hydrogen-bond acceptors (Lipinski definition) is 5. The number of nitrogen functional groups attached to an aromatic ring is 1. The summed E-state index contributed by atoms with van der Waals surface area (Å²) < 4.78 is 13.5. The Morgan fingerprint density at radius 1 is 1.50 bits per heavy atom. The molecule has 4 N–H and O–H groups in total. The van der Waals surface area contributed by atoms with Crippen LogP contribution >= 0.6 is 11.3 Å². The van der Waals surface area contributed by atoms with E-state index >= 15 is 0 Å². The van der Waals surface area contributed by atoms with Crippen LogP contribution in [0.5, 0.6) is 0 Å². The van der Waals surface area contributed by atoms with Crippen molar-refractivity contribution in [2.45, 2.75) is 13.3 Å². The molecule has 1 aromatic heterocycles. The van der Waals surface area contributed by atoms with Crippen LogP contribution in [-0.4, -0.2) is 17.4 Å². The number of nitrogens with two attached hydrogens (primary N) is 1. The minimum atomic E-state index is -0.560. The van der Waals surface area contributed by atoms with Crippen molar-refractivity contribution < 1.29 is 9.18 Å². The van der Waals surface area contributed by atoms with Crippen molar-refractivity contribution in [2.24, 2.45) is 5.84 Å². The molecule has 0 saturated carbocycles. The third kappa shape index (κ3) is 3.31. The number of nitrogens with zero attached hydrogens (tertiary/aromatic N) is 1. The van der Waals surface area contributed by atoms with Crippen molar-refractivity contribution in [2.75, 3.05) is 12.0 Å². The third-order valence-corrected chi connectivity index (χ3v) is 3.72. The molecule has 1 aromatic carbocycles. The first kappa shape index (κ1) is 14.4. The van der Waals surface area contributed by atoms with E-state index < -0.39 is 5.82 Å². The van der Waals surface area contributed by atoms with E-state index in [4.69, 9.17) is 5.84 Å². The molecular weight excluding hydrogens is 279 g/mol. The molecule has 0 spiro atoms. The molecule has 106 valence electrons. The van der Waals surface area contributed by atoms with Gasteiger partial charge in [-0.25, -0.2) is 9.37 Å². The number of benzene rings is 1. The van der Waals surface area contributed by atoms with Gasteiger partial charge in [0.1, 0.15) is 5.82 Å².